The number of imide groups is 1. The second-order valence-electron chi connectivity index (χ2n) is 2.87. The van der Waals surface area contributed by atoms with E-state index in [1.807, 2.05) is 6.92 Å². The molecule has 0 bridgehead atoms. The van der Waals surface area contributed by atoms with Gasteiger partial charge in [-0.1, -0.05) is 6.92 Å². The minimum absolute atomic E-state index is 0.0451. The maximum Gasteiger partial charge on any atom is 0.321 e. The molecule has 4 heteroatoms. The average molecular weight is 156 g/mol. The first-order valence-corrected chi connectivity index (χ1v) is 3.73. The van der Waals surface area contributed by atoms with Gasteiger partial charge in [-0.15, -0.1) is 0 Å². The Kier molecular flexibility index (Phi) is 2.12. The number of primary amides is 1. The van der Waals surface area contributed by atoms with Crippen molar-refractivity contribution < 1.29 is 9.59 Å². The van der Waals surface area contributed by atoms with E-state index in [-0.39, 0.29) is 11.8 Å². The van der Waals surface area contributed by atoms with Gasteiger partial charge in [-0.05, 0) is 12.8 Å². The highest BCUT2D eigenvalue weighted by molar-refractivity contribution is 5.95. The Hall–Kier alpha value is -1.06. The largest absolute Gasteiger partial charge is 0.351 e. The Morgan fingerprint density at radius 1 is 1.73 bits per heavy atom. The van der Waals surface area contributed by atoms with Gasteiger partial charge in [-0.25, -0.2) is 4.79 Å². The number of nitrogens with zero attached hydrogens (tertiary/aromatic N) is 1. The minimum atomic E-state index is -0.624. The van der Waals surface area contributed by atoms with E-state index in [1.54, 1.807) is 0 Å². The Morgan fingerprint density at radius 2 is 2.36 bits per heavy atom. The lowest BCUT2D eigenvalue weighted by atomic mass is 10.00. The Labute approximate surface area is 65.3 Å². The lowest BCUT2D eigenvalue weighted by molar-refractivity contribution is -0.134. The molecule has 3 amide bonds. The molecule has 0 aromatic carbocycles. The standard InChI is InChI=1S/C7H12N2O2/c1-5-3-2-4-9(6(5)10)7(8)11/h5H,2-4H2,1H3,(H2,8,11)/t5-/m0/s1. The van der Waals surface area contributed by atoms with Crippen LogP contribution in [0.4, 0.5) is 4.79 Å². The first-order chi connectivity index (χ1) is 5.13. The SMILES string of the molecule is C[C@H]1CCCN(C(N)=O)C1=O. The van der Waals surface area contributed by atoms with Crippen LogP contribution in [0.25, 0.3) is 0 Å². The molecular formula is C7H12N2O2. The van der Waals surface area contributed by atoms with Gasteiger partial charge in [0.05, 0.1) is 0 Å². The second kappa shape index (κ2) is 2.90. The summed E-state index contributed by atoms with van der Waals surface area (Å²) in [5.74, 6) is -0.181. The Morgan fingerprint density at radius 3 is 2.82 bits per heavy atom. The molecular weight excluding hydrogens is 144 g/mol. The van der Waals surface area contributed by atoms with Gasteiger partial charge < -0.3 is 5.73 Å². The molecule has 1 aliphatic rings. The Bertz CT molecular complexity index is 191. The summed E-state index contributed by atoms with van der Waals surface area (Å²) in [6.07, 6.45) is 1.73. The van der Waals surface area contributed by atoms with E-state index in [9.17, 15) is 9.59 Å². The molecule has 62 valence electrons. The van der Waals surface area contributed by atoms with Gasteiger partial charge in [-0.2, -0.15) is 0 Å². The number of urea groups is 1. The molecule has 11 heavy (non-hydrogen) atoms. The molecule has 2 N–H and O–H groups in total. The highest BCUT2D eigenvalue weighted by Gasteiger charge is 2.27. The van der Waals surface area contributed by atoms with Crippen LogP contribution in [0.5, 0.6) is 0 Å². The van der Waals surface area contributed by atoms with Crippen LogP contribution < -0.4 is 5.73 Å². The van der Waals surface area contributed by atoms with Gasteiger partial charge in [-0.3, -0.25) is 9.69 Å². The molecule has 1 rings (SSSR count). The monoisotopic (exact) mass is 156 g/mol. The molecule has 0 saturated carbocycles. The van der Waals surface area contributed by atoms with E-state index in [0.717, 1.165) is 17.7 Å². The molecule has 0 unspecified atom stereocenters. The van der Waals surface area contributed by atoms with Crippen molar-refractivity contribution in [3.63, 3.8) is 0 Å². The van der Waals surface area contributed by atoms with Crippen LogP contribution in [0.3, 0.4) is 0 Å². The number of piperidine rings is 1. The number of hydrogen-bond donors (Lipinski definition) is 1. The lowest BCUT2D eigenvalue weighted by Crippen LogP contribution is -2.46. The number of carbonyl (C=O) groups is 2. The van der Waals surface area contributed by atoms with Crippen molar-refractivity contribution in [1.82, 2.24) is 4.90 Å². The van der Waals surface area contributed by atoms with Crippen molar-refractivity contribution in [1.29, 1.82) is 0 Å². The third-order valence-electron chi connectivity index (χ3n) is 1.97. The lowest BCUT2D eigenvalue weighted by Gasteiger charge is -2.27. The fourth-order valence-electron chi connectivity index (χ4n) is 1.27. The number of hydrogen-bond acceptors (Lipinski definition) is 2. The van der Waals surface area contributed by atoms with E-state index in [0.29, 0.717) is 6.54 Å². The van der Waals surface area contributed by atoms with E-state index >= 15 is 0 Å². The number of nitrogens with two attached hydrogens (primary N) is 1. The van der Waals surface area contributed by atoms with Crippen LogP contribution in [0.1, 0.15) is 19.8 Å². The predicted octanol–water partition coefficient (Wildman–Crippen LogP) is 0.324. The summed E-state index contributed by atoms with van der Waals surface area (Å²) >= 11 is 0. The van der Waals surface area contributed by atoms with Gasteiger partial charge in [0.2, 0.25) is 5.91 Å². The van der Waals surface area contributed by atoms with E-state index in [1.165, 1.54) is 0 Å². The smallest absolute Gasteiger partial charge is 0.321 e. The first-order valence-electron chi connectivity index (χ1n) is 3.73. The molecule has 0 aromatic heterocycles. The van der Waals surface area contributed by atoms with E-state index in [4.69, 9.17) is 5.73 Å². The molecule has 1 fully saturated rings. The minimum Gasteiger partial charge on any atom is -0.351 e. The highest BCUT2D eigenvalue weighted by Crippen LogP contribution is 2.16. The van der Waals surface area contributed by atoms with Crippen molar-refractivity contribution in [3.8, 4) is 0 Å². The molecule has 0 aliphatic carbocycles. The third kappa shape index (κ3) is 1.50. The van der Waals surface area contributed by atoms with Crippen LogP contribution in [-0.4, -0.2) is 23.4 Å². The van der Waals surface area contributed by atoms with Crippen molar-refractivity contribution in [3.05, 3.63) is 0 Å². The molecule has 0 aromatic rings. The molecule has 1 aliphatic heterocycles. The van der Waals surface area contributed by atoms with E-state index in [2.05, 4.69) is 0 Å². The van der Waals surface area contributed by atoms with Gasteiger partial charge >= 0.3 is 6.03 Å². The van der Waals surface area contributed by atoms with Gasteiger partial charge in [0.1, 0.15) is 0 Å². The number of rotatable bonds is 0. The quantitative estimate of drug-likeness (QED) is 0.549. The highest BCUT2D eigenvalue weighted by atomic mass is 16.2. The maximum absolute atomic E-state index is 11.2. The summed E-state index contributed by atoms with van der Waals surface area (Å²) in [4.78, 5) is 22.9. The third-order valence-corrected chi connectivity index (χ3v) is 1.97. The van der Waals surface area contributed by atoms with Crippen LogP contribution in [0, 0.1) is 5.92 Å². The normalized spacial score (nSPS) is 25.4. The van der Waals surface area contributed by atoms with Crippen molar-refractivity contribution in [2.75, 3.05) is 6.54 Å². The van der Waals surface area contributed by atoms with Crippen LogP contribution in [0.15, 0.2) is 0 Å². The fraction of sp³-hybridized carbons (Fsp3) is 0.714. The molecule has 1 saturated heterocycles. The number of likely N-dealkylation sites (tertiary alicyclic amines) is 1. The summed E-state index contributed by atoms with van der Waals surface area (Å²) in [6, 6.07) is -0.624. The zero-order chi connectivity index (χ0) is 8.43. The molecule has 1 atom stereocenters. The summed E-state index contributed by atoms with van der Waals surface area (Å²) in [5.41, 5.74) is 4.99. The number of carbonyl (C=O) groups excluding carboxylic acids is 2. The topological polar surface area (TPSA) is 63.4 Å². The summed E-state index contributed by atoms with van der Waals surface area (Å²) in [7, 11) is 0. The van der Waals surface area contributed by atoms with Crippen molar-refractivity contribution in [2.45, 2.75) is 19.8 Å². The van der Waals surface area contributed by atoms with Crippen LogP contribution in [-0.2, 0) is 4.79 Å². The summed E-state index contributed by atoms with van der Waals surface area (Å²) < 4.78 is 0. The average Bonchev–Trinajstić information content (AvgIpc) is 1.94. The zero-order valence-corrected chi connectivity index (χ0v) is 6.54. The second-order valence-corrected chi connectivity index (χ2v) is 2.87. The van der Waals surface area contributed by atoms with Crippen molar-refractivity contribution >= 4 is 11.9 Å². The maximum atomic E-state index is 11.2. The predicted molar refractivity (Wildman–Crippen MR) is 39.7 cm³/mol. The zero-order valence-electron chi connectivity index (χ0n) is 6.54. The molecule has 4 nitrogen and oxygen atoms in total. The van der Waals surface area contributed by atoms with Crippen LogP contribution >= 0.6 is 0 Å². The summed E-state index contributed by atoms with van der Waals surface area (Å²) in [5, 5.41) is 0. The molecule has 1 heterocycles. The first kappa shape index (κ1) is 8.04. The summed E-state index contributed by atoms with van der Waals surface area (Å²) in [6.45, 7) is 2.30. The molecule has 0 spiro atoms. The van der Waals surface area contributed by atoms with Gasteiger partial charge in [0.15, 0.2) is 0 Å². The molecule has 0 radical (unpaired) electrons. The van der Waals surface area contributed by atoms with Gasteiger partial charge in [0.25, 0.3) is 0 Å². The van der Waals surface area contributed by atoms with Gasteiger partial charge in [0, 0.05) is 12.5 Å². The Balaban J connectivity index is 2.66. The van der Waals surface area contributed by atoms with Crippen LogP contribution in [0.2, 0.25) is 0 Å². The fourth-order valence-corrected chi connectivity index (χ4v) is 1.27. The van der Waals surface area contributed by atoms with E-state index < -0.39 is 6.03 Å². The van der Waals surface area contributed by atoms with Crippen molar-refractivity contribution in [2.24, 2.45) is 11.7 Å². The number of amides is 3.